The number of rotatable bonds is 4. The van der Waals surface area contributed by atoms with Crippen LogP contribution in [0.25, 0.3) is 0 Å². The van der Waals surface area contributed by atoms with E-state index in [1.54, 1.807) is 0 Å². The fraction of sp³-hybridized carbons (Fsp3) is 0.600. The molecular formula is C15H21F2N. The van der Waals surface area contributed by atoms with E-state index in [0.717, 1.165) is 0 Å². The first-order valence-electron chi connectivity index (χ1n) is 6.77. The van der Waals surface area contributed by atoms with Crippen molar-refractivity contribution in [3.05, 3.63) is 35.4 Å². The zero-order chi connectivity index (χ0) is 13.1. The van der Waals surface area contributed by atoms with E-state index < -0.39 is 11.6 Å². The van der Waals surface area contributed by atoms with Crippen molar-refractivity contribution < 1.29 is 8.78 Å². The lowest BCUT2D eigenvalue weighted by atomic mass is 10.0. The van der Waals surface area contributed by atoms with Crippen LogP contribution in [-0.2, 0) is 6.42 Å². The highest BCUT2D eigenvalue weighted by molar-refractivity contribution is 5.20. The summed E-state index contributed by atoms with van der Waals surface area (Å²) in [7, 11) is 0. The SMILES string of the molecule is CC(Cc1c(F)cccc1F)NC1CCCC1C. The molecule has 1 aliphatic rings. The molecule has 2 rings (SSSR count). The summed E-state index contributed by atoms with van der Waals surface area (Å²) in [6, 6.07) is 4.65. The Morgan fingerprint density at radius 1 is 1.28 bits per heavy atom. The van der Waals surface area contributed by atoms with Gasteiger partial charge in [0.15, 0.2) is 0 Å². The Bertz CT molecular complexity index is 385. The molecule has 0 heterocycles. The van der Waals surface area contributed by atoms with E-state index in [1.807, 2.05) is 6.92 Å². The van der Waals surface area contributed by atoms with Crippen molar-refractivity contribution in [2.24, 2.45) is 5.92 Å². The predicted octanol–water partition coefficient (Wildman–Crippen LogP) is 3.67. The topological polar surface area (TPSA) is 12.0 Å². The zero-order valence-corrected chi connectivity index (χ0v) is 11.0. The summed E-state index contributed by atoms with van der Waals surface area (Å²) in [5.74, 6) is -0.218. The maximum atomic E-state index is 13.5. The summed E-state index contributed by atoms with van der Waals surface area (Å²) in [4.78, 5) is 0. The molecule has 1 saturated carbocycles. The summed E-state index contributed by atoms with van der Waals surface area (Å²) in [6.07, 6.45) is 4.07. The normalized spacial score (nSPS) is 25.3. The van der Waals surface area contributed by atoms with Crippen molar-refractivity contribution in [3.63, 3.8) is 0 Å². The van der Waals surface area contributed by atoms with Crippen molar-refractivity contribution in [2.75, 3.05) is 0 Å². The summed E-state index contributed by atoms with van der Waals surface area (Å²) in [5, 5.41) is 3.50. The Kier molecular flexibility index (Phi) is 4.33. The average Bonchev–Trinajstić information content (AvgIpc) is 2.70. The van der Waals surface area contributed by atoms with E-state index in [1.165, 1.54) is 37.5 Å². The smallest absolute Gasteiger partial charge is 0.129 e. The number of hydrogen-bond acceptors (Lipinski definition) is 1. The molecule has 3 atom stereocenters. The first-order valence-corrected chi connectivity index (χ1v) is 6.77. The van der Waals surface area contributed by atoms with Crippen LogP contribution < -0.4 is 5.32 Å². The highest BCUT2D eigenvalue weighted by atomic mass is 19.1. The van der Waals surface area contributed by atoms with Gasteiger partial charge in [0.05, 0.1) is 0 Å². The third-order valence-electron chi connectivity index (χ3n) is 3.93. The number of benzene rings is 1. The lowest BCUT2D eigenvalue weighted by Crippen LogP contribution is -2.39. The van der Waals surface area contributed by atoms with Crippen LogP contribution in [0.15, 0.2) is 18.2 Å². The maximum absolute atomic E-state index is 13.5. The maximum Gasteiger partial charge on any atom is 0.129 e. The Balaban J connectivity index is 1.96. The minimum atomic E-state index is -0.442. The largest absolute Gasteiger partial charge is 0.311 e. The van der Waals surface area contributed by atoms with Gasteiger partial charge in [-0.05, 0) is 44.2 Å². The number of nitrogens with one attached hydrogen (secondary N) is 1. The van der Waals surface area contributed by atoms with E-state index in [0.29, 0.717) is 18.4 Å². The van der Waals surface area contributed by atoms with Crippen molar-refractivity contribution in [3.8, 4) is 0 Å². The second-order valence-electron chi connectivity index (χ2n) is 5.49. The monoisotopic (exact) mass is 253 g/mol. The van der Waals surface area contributed by atoms with Gasteiger partial charge >= 0.3 is 0 Å². The van der Waals surface area contributed by atoms with Crippen LogP contribution in [0.5, 0.6) is 0 Å². The van der Waals surface area contributed by atoms with Gasteiger partial charge in [0.2, 0.25) is 0 Å². The van der Waals surface area contributed by atoms with Gasteiger partial charge in [0.1, 0.15) is 11.6 Å². The van der Waals surface area contributed by atoms with Crippen LogP contribution >= 0.6 is 0 Å². The summed E-state index contributed by atoms with van der Waals surface area (Å²) in [6.45, 7) is 4.23. The third-order valence-corrected chi connectivity index (χ3v) is 3.93. The van der Waals surface area contributed by atoms with Crippen LogP contribution in [0, 0.1) is 17.6 Å². The third kappa shape index (κ3) is 3.08. The zero-order valence-electron chi connectivity index (χ0n) is 11.0. The van der Waals surface area contributed by atoms with Crippen molar-refractivity contribution in [1.82, 2.24) is 5.32 Å². The summed E-state index contributed by atoms with van der Waals surface area (Å²) < 4.78 is 27.1. The molecule has 0 spiro atoms. The van der Waals surface area contributed by atoms with E-state index in [4.69, 9.17) is 0 Å². The van der Waals surface area contributed by atoms with Crippen LogP contribution in [-0.4, -0.2) is 12.1 Å². The molecule has 0 saturated heterocycles. The standard InChI is InChI=1S/C15H21F2N/c1-10-5-3-8-15(10)18-11(2)9-12-13(16)6-4-7-14(12)17/h4,6-7,10-11,15,18H,3,5,8-9H2,1-2H3. The van der Waals surface area contributed by atoms with Crippen LogP contribution in [0.1, 0.15) is 38.7 Å². The van der Waals surface area contributed by atoms with E-state index in [9.17, 15) is 8.78 Å². The summed E-state index contributed by atoms with van der Waals surface area (Å²) in [5.41, 5.74) is 0.197. The molecule has 0 amide bonds. The van der Waals surface area contributed by atoms with Gasteiger partial charge in [-0.3, -0.25) is 0 Å². The second kappa shape index (κ2) is 5.79. The Hall–Kier alpha value is -0.960. The molecule has 0 aromatic heterocycles. The minimum absolute atomic E-state index is 0.0990. The molecule has 0 radical (unpaired) electrons. The van der Waals surface area contributed by atoms with Crippen molar-refractivity contribution in [2.45, 2.75) is 51.6 Å². The molecule has 0 aliphatic heterocycles. The van der Waals surface area contributed by atoms with Gasteiger partial charge in [-0.2, -0.15) is 0 Å². The molecule has 1 aromatic rings. The molecule has 1 N–H and O–H groups in total. The molecule has 0 bridgehead atoms. The fourth-order valence-corrected chi connectivity index (χ4v) is 2.85. The molecular weight excluding hydrogens is 232 g/mol. The lowest BCUT2D eigenvalue weighted by Gasteiger charge is -2.23. The average molecular weight is 253 g/mol. The fourth-order valence-electron chi connectivity index (χ4n) is 2.85. The number of hydrogen-bond donors (Lipinski definition) is 1. The van der Waals surface area contributed by atoms with Gasteiger partial charge in [-0.25, -0.2) is 8.78 Å². The predicted molar refractivity (Wildman–Crippen MR) is 69.5 cm³/mol. The molecule has 3 heteroatoms. The van der Waals surface area contributed by atoms with Gasteiger partial charge in [0.25, 0.3) is 0 Å². The Morgan fingerprint density at radius 2 is 1.94 bits per heavy atom. The first kappa shape index (κ1) is 13.5. The molecule has 1 aromatic carbocycles. The lowest BCUT2D eigenvalue weighted by molar-refractivity contribution is 0.376. The van der Waals surface area contributed by atoms with Gasteiger partial charge in [-0.1, -0.05) is 19.4 Å². The Morgan fingerprint density at radius 3 is 2.50 bits per heavy atom. The van der Waals surface area contributed by atoms with E-state index in [-0.39, 0.29) is 11.6 Å². The number of halogens is 2. The molecule has 1 fully saturated rings. The van der Waals surface area contributed by atoms with Gasteiger partial charge in [-0.15, -0.1) is 0 Å². The second-order valence-corrected chi connectivity index (χ2v) is 5.49. The molecule has 18 heavy (non-hydrogen) atoms. The van der Waals surface area contributed by atoms with Gasteiger partial charge < -0.3 is 5.32 Å². The van der Waals surface area contributed by atoms with Crippen molar-refractivity contribution >= 4 is 0 Å². The van der Waals surface area contributed by atoms with Crippen LogP contribution in [0.4, 0.5) is 8.78 Å². The minimum Gasteiger partial charge on any atom is -0.311 e. The molecule has 100 valence electrons. The first-order chi connectivity index (χ1) is 8.58. The van der Waals surface area contributed by atoms with Crippen molar-refractivity contribution in [1.29, 1.82) is 0 Å². The molecule has 1 aliphatic carbocycles. The Labute approximate surface area is 108 Å². The van der Waals surface area contributed by atoms with Gasteiger partial charge in [0, 0.05) is 17.6 Å². The molecule has 1 nitrogen and oxygen atoms in total. The highest BCUT2D eigenvalue weighted by Crippen LogP contribution is 2.25. The quantitative estimate of drug-likeness (QED) is 0.863. The van der Waals surface area contributed by atoms with E-state index in [2.05, 4.69) is 12.2 Å². The molecule has 3 unspecified atom stereocenters. The van der Waals surface area contributed by atoms with Crippen LogP contribution in [0.3, 0.4) is 0 Å². The van der Waals surface area contributed by atoms with Crippen LogP contribution in [0.2, 0.25) is 0 Å². The van der Waals surface area contributed by atoms with E-state index >= 15 is 0 Å². The highest BCUT2D eigenvalue weighted by Gasteiger charge is 2.24. The summed E-state index contributed by atoms with van der Waals surface area (Å²) >= 11 is 0.